The Hall–Kier alpha value is -0.630. The zero-order valence-corrected chi connectivity index (χ0v) is 9.92. The molecule has 1 unspecified atom stereocenters. The van der Waals surface area contributed by atoms with Crippen LogP contribution in [-0.4, -0.2) is 19.5 Å². The highest BCUT2D eigenvalue weighted by atomic mass is 16.5. The largest absolute Gasteiger partial charge is 0.384 e. The highest BCUT2D eigenvalue weighted by Crippen LogP contribution is 2.20. The summed E-state index contributed by atoms with van der Waals surface area (Å²) in [4.78, 5) is 11.9. The fourth-order valence-electron chi connectivity index (χ4n) is 2.06. The summed E-state index contributed by atoms with van der Waals surface area (Å²) in [7, 11) is 1.69. The third kappa shape index (κ3) is 4.61. The summed E-state index contributed by atoms with van der Waals surface area (Å²) in [6.07, 6.45) is 8.54. The van der Waals surface area contributed by atoms with Crippen LogP contribution in [0.4, 0.5) is 0 Å². The molecule has 1 rings (SSSR count). The molecule has 0 aromatic carbocycles. The van der Waals surface area contributed by atoms with Gasteiger partial charge in [0.05, 0.1) is 0 Å². The molecule has 0 amide bonds. The van der Waals surface area contributed by atoms with E-state index in [9.17, 15) is 4.79 Å². The predicted octanol–water partition coefficient (Wildman–Crippen LogP) is 3.12. The van der Waals surface area contributed by atoms with Gasteiger partial charge in [-0.25, -0.2) is 0 Å². The van der Waals surface area contributed by atoms with Crippen LogP contribution in [0.5, 0.6) is 0 Å². The second-order valence-electron chi connectivity index (χ2n) is 4.52. The number of hydrogen-bond donors (Lipinski definition) is 0. The summed E-state index contributed by atoms with van der Waals surface area (Å²) in [5.41, 5.74) is 1.07. The SMILES string of the molecule is COCC(C)CC(=O)C1=CCCCCC1. The molecule has 1 atom stereocenters. The molecule has 0 saturated carbocycles. The molecule has 0 aliphatic heterocycles. The van der Waals surface area contributed by atoms with E-state index in [-0.39, 0.29) is 0 Å². The molecular weight excluding hydrogens is 188 g/mol. The van der Waals surface area contributed by atoms with Crippen molar-refractivity contribution in [2.75, 3.05) is 13.7 Å². The molecule has 1 aliphatic carbocycles. The number of carbonyl (C=O) groups excluding carboxylic acids is 1. The van der Waals surface area contributed by atoms with Crippen LogP contribution in [-0.2, 0) is 9.53 Å². The van der Waals surface area contributed by atoms with Crippen LogP contribution in [0.15, 0.2) is 11.6 Å². The van der Waals surface area contributed by atoms with Crippen molar-refractivity contribution >= 4 is 5.78 Å². The predicted molar refractivity (Wildman–Crippen MR) is 61.8 cm³/mol. The number of methoxy groups -OCH3 is 1. The van der Waals surface area contributed by atoms with Gasteiger partial charge in [-0.2, -0.15) is 0 Å². The third-order valence-electron chi connectivity index (χ3n) is 2.88. The fourth-order valence-corrected chi connectivity index (χ4v) is 2.06. The Morgan fingerprint density at radius 2 is 2.27 bits per heavy atom. The molecule has 86 valence electrons. The molecule has 15 heavy (non-hydrogen) atoms. The molecule has 0 aromatic heterocycles. The minimum absolute atomic E-state index is 0.335. The van der Waals surface area contributed by atoms with Gasteiger partial charge in [0.1, 0.15) is 0 Å². The lowest BCUT2D eigenvalue weighted by atomic mass is 9.97. The van der Waals surface area contributed by atoms with Gasteiger partial charge in [0.15, 0.2) is 5.78 Å². The number of ketones is 1. The van der Waals surface area contributed by atoms with Gasteiger partial charge in [0.25, 0.3) is 0 Å². The Morgan fingerprint density at radius 1 is 1.47 bits per heavy atom. The summed E-state index contributed by atoms with van der Waals surface area (Å²) < 4.78 is 5.04. The number of allylic oxidation sites excluding steroid dienone is 2. The van der Waals surface area contributed by atoms with Crippen molar-refractivity contribution < 1.29 is 9.53 Å². The monoisotopic (exact) mass is 210 g/mol. The van der Waals surface area contributed by atoms with Crippen molar-refractivity contribution in [3.05, 3.63) is 11.6 Å². The molecule has 0 bridgehead atoms. The van der Waals surface area contributed by atoms with Crippen molar-refractivity contribution in [2.45, 2.75) is 45.4 Å². The van der Waals surface area contributed by atoms with Crippen LogP contribution in [0.2, 0.25) is 0 Å². The molecule has 1 aliphatic rings. The van der Waals surface area contributed by atoms with E-state index >= 15 is 0 Å². The van der Waals surface area contributed by atoms with E-state index in [0.717, 1.165) is 18.4 Å². The standard InChI is InChI=1S/C13H22O2/c1-11(10-15-2)9-13(14)12-7-5-3-4-6-8-12/h7,11H,3-6,8-10H2,1-2H3. The maximum atomic E-state index is 11.9. The average molecular weight is 210 g/mol. The molecule has 2 nitrogen and oxygen atoms in total. The van der Waals surface area contributed by atoms with Gasteiger partial charge in [0.2, 0.25) is 0 Å². The number of hydrogen-bond acceptors (Lipinski definition) is 2. The lowest BCUT2D eigenvalue weighted by molar-refractivity contribution is -0.116. The number of carbonyl (C=O) groups is 1. The van der Waals surface area contributed by atoms with E-state index in [4.69, 9.17) is 4.74 Å². The van der Waals surface area contributed by atoms with Gasteiger partial charge in [-0.15, -0.1) is 0 Å². The minimum Gasteiger partial charge on any atom is -0.384 e. The Kier molecular flexibility index (Phi) is 5.62. The van der Waals surface area contributed by atoms with Gasteiger partial charge in [-0.05, 0) is 37.2 Å². The number of ether oxygens (including phenoxy) is 1. The molecule has 0 heterocycles. The van der Waals surface area contributed by atoms with E-state index in [2.05, 4.69) is 13.0 Å². The second-order valence-corrected chi connectivity index (χ2v) is 4.52. The number of rotatable bonds is 5. The normalized spacial score (nSPS) is 19.2. The maximum absolute atomic E-state index is 11.9. The zero-order valence-electron chi connectivity index (χ0n) is 9.92. The first kappa shape index (κ1) is 12.4. The van der Waals surface area contributed by atoms with Crippen molar-refractivity contribution in [3.63, 3.8) is 0 Å². The molecule has 0 radical (unpaired) electrons. The Morgan fingerprint density at radius 3 is 3.00 bits per heavy atom. The molecule has 0 spiro atoms. The average Bonchev–Trinajstić information content (AvgIpc) is 2.45. The zero-order chi connectivity index (χ0) is 11.1. The number of Topliss-reactive ketones (excluding diaryl/α,β-unsaturated/α-hetero) is 1. The molecular formula is C13H22O2. The second kappa shape index (κ2) is 6.78. The lowest BCUT2D eigenvalue weighted by Crippen LogP contribution is -2.12. The molecule has 0 fully saturated rings. The third-order valence-corrected chi connectivity index (χ3v) is 2.88. The van der Waals surface area contributed by atoms with Crippen molar-refractivity contribution in [2.24, 2.45) is 5.92 Å². The quantitative estimate of drug-likeness (QED) is 0.697. The first-order valence-corrected chi connectivity index (χ1v) is 5.95. The van der Waals surface area contributed by atoms with Gasteiger partial charge >= 0.3 is 0 Å². The molecule has 2 heteroatoms. The van der Waals surface area contributed by atoms with E-state index in [1.165, 1.54) is 19.3 Å². The van der Waals surface area contributed by atoms with Crippen LogP contribution < -0.4 is 0 Å². The van der Waals surface area contributed by atoms with Crippen LogP contribution in [0.1, 0.15) is 45.4 Å². The van der Waals surface area contributed by atoms with E-state index in [1.54, 1.807) is 7.11 Å². The smallest absolute Gasteiger partial charge is 0.158 e. The Labute approximate surface area is 92.7 Å². The van der Waals surface area contributed by atoms with Crippen molar-refractivity contribution in [3.8, 4) is 0 Å². The molecule has 0 aromatic rings. The Bertz CT molecular complexity index is 231. The molecule has 0 saturated heterocycles. The highest BCUT2D eigenvalue weighted by molar-refractivity contribution is 5.95. The maximum Gasteiger partial charge on any atom is 0.158 e. The van der Waals surface area contributed by atoms with Crippen molar-refractivity contribution in [1.82, 2.24) is 0 Å². The van der Waals surface area contributed by atoms with Gasteiger partial charge in [0, 0.05) is 20.1 Å². The van der Waals surface area contributed by atoms with Crippen LogP contribution >= 0.6 is 0 Å². The molecule has 0 N–H and O–H groups in total. The summed E-state index contributed by atoms with van der Waals surface area (Å²) >= 11 is 0. The summed E-state index contributed by atoms with van der Waals surface area (Å²) in [5.74, 6) is 0.674. The summed E-state index contributed by atoms with van der Waals surface area (Å²) in [5, 5.41) is 0. The van der Waals surface area contributed by atoms with Crippen LogP contribution in [0.3, 0.4) is 0 Å². The summed E-state index contributed by atoms with van der Waals surface area (Å²) in [6.45, 7) is 2.75. The first-order chi connectivity index (χ1) is 7.24. The Balaban J connectivity index is 2.41. The lowest BCUT2D eigenvalue weighted by Gasteiger charge is -2.10. The first-order valence-electron chi connectivity index (χ1n) is 5.95. The minimum atomic E-state index is 0.335. The topological polar surface area (TPSA) is 26.3 Å². The van der Waals surface area contributed by atoms with Gasteiger partial charge < -0.3 is 4.74 Å². The van der Waals surface area contributed by atoms with E-state index < -0.39 is 0 Å². The highest BCUT2D eigenvalue weighted by Gasteiger charge is 2.14. The van der Waals surface area contributed by atoms with E-state index in [1.807, 2.05) is 0 Å². The van der Waals surface area contributed by atoms with Gasteiger partial charge in [-0.1, -0.05) is 19.4 Å². The van der Waals surface area contributed by atoms with Crippen molar-refractivity contribution in [1.29, 1.82) is 0 Å². The van der Waals surface area contributed by atoms with Crippen LogP contribution in [0.25, 0.3) is 0 Å². The van der Waals surface area contributed by atoms with E-state index in [0.29, 0.717) is 24.7 Å². The fraction of sp³-hybridized carbons (Fsp3) is 0.769. The van der Waals surface area contributed by atoms with Gasteiger partial charge in [-0.3, -0.25) is 4.79 Å². The van der Waals surface area contributed by atoms with Crippen LogP contribution in [0, 0.1) is 5.92 Å². The summed E-state index contributed by atoms with van der Waals surface area (Å²) in [6, 6.07) is 0.